The topological polar surface area (TPSA) is 108 Å². The van der Waals surface area contributed by atoms with Crippen LogP contribution in [-0.2, 0) is 10.0 Å². The first-order valence-electron chi connectivity index (χ1n) is 10.2. The maximum atomic E-state index is 13.4. The lowest BCUT2D eigenvalue weighted by atomic mass is 9.92. The molecule has 1 aliphatic heterocycles. The molecule has 3 aromatic carbocycles. The molecule has 2 amide bonds. The van der Waals surface area contributed by atoms with Crippen LogP contribution in [0.1, 0.15) is 20.7 Å². The number of carbonyl (C=O) groups is 2. The fraction of sp³-hybridized carbons (Fsp3) is 0.0417. The standard InChI is InChI=1S/C24H18N4O4S2/c1-2-12-25-20-11-10-19-21-17(20)4-3-5-18(21)22(29)28(23(19)30)15-6-8-16(9-7-15)34(31,32)27-24-26-13-14-33-24/h2-11,13-14,25H,1,12H2,(H,26,27). The van der Waals surface area contributed by atoms with Gasteiger partial charge >= 0.3 is 0 Å². The molecule has 0 atom stereocenters. The monoisotopic (exact) mass is 490 g/mol. The van der Waals surface area contributed by atoms with Gasteiger partial charge in [-0.25, -0.2) is 18.3 Å². The largest absolute Gasteiger partial charge is 0.381 e. The summed E-state index contributed by atoms with van der Waals surface area (Å²) in [6.45, 7) is 4.24. The number of hydrogen-bond acceptors (Lipinski definition) is 7. The van der Waals surface area contributed by atoms with Crippen molar-refractivity contribution >= 4 is 60.5 Å². The van der Waals surface area contributed by atoms with Crippen molar-refractivity contribution in [3.05, 3.63) is 90.0 Å². The third-order valence-electron chi connectivity index (χ3n) is 5.40. The fourth-order valence-electron chi connectivity index (χ4n) is 3.89. The summed E-state index contributed by atoms with van der Waals surface area (Å²) < 4.78 is 27.6. The highest BCUT2D eigenvalue weighted by Crippen LogP contribution is 2.36. The second-order valence-corrected chi connectivity index (χ2v) is 10.0. The number of rotatable bonds is 7. The zero-order valence-corrected chi connectivity index (χ0v) is 19.3. The molecule has 34 heavy (non-hydrogen) atoms. The number of sulfonamides is 1. The van der Waals surface area contributed by atoms with Gasteiger partial charge in [-0.1, -0.05) is 18.2 Å². The van der Waals surface area contributed by atoms with E-state index in [-0.39, 0.29) is 15.7 Å². The number of amides is 2. The smallest absolute Gasteiger partial charge is 0.265 e. The van der Waals surface area contributed by atoms with Crippen LogP contribution in [-0.4, -0.2) is 31.8 Å². The van der Waals surface area contributed by atoms with Crippen LogP contribution in [0.15, 0.2) is 83.7 Å². The average molecular weight is 491 g/mol. The molecular formula is C24H18N4O4S2. The van der Waals surface area contributed by atoms with Crippen LogP contribution >= 0.6 is 11.3 Å². The summed E-state index contributed by atoms with van der Waals surface area (Å²) in [5.74, 6) is -0.944. The number of anilines is 3. The minimum Gasteiger partial charge on any atom is -0.381 e. The Morgan fingerprint density at radius 2 is 1.74 bits per heavy atom. The van der Waals surface area contributed by atoms with Gasteiger partial charge in [-0.3, -0.25) is 14.3 Å². The highest BCUT2D eigenvalue weighted by molar-refractivity contribution is 7.93. The Hall–Kier alpha value is -4.02. The highest BCUT2D eigenvalue weighted by Gasteiger charge is 2.34. The van der Waals surface area contributed by atoms with E-state index in [1.54, 1.807) is 35.7 Å². The fourth-order valence-corrected chi connectivity index (χ4v) is 5.68. The molecule has 1 aromatic heterocycles. The molecule has 8 nitrogen and oxygen atoms in total. The number of hydrogen-bond donors (Lipinski definition) is 2. The van der Waals surface area contributed by atoms with Gasteiger partial charge in [0, 0.05) is 45.7 Å². The summed E-state index contributed by atoms with van der Waals surface area (Å²) in [6, 6.07) is 14.4. The summed E-state index contributed by atoms with van der Waals surface area (Å²) in [7, 11) is -3.86. The molecule has 0 unspecified atom stereocenters. The maximum Gasteiger partial charge on any atom is 0.265 e. The Balaban J connectivity index is 1.51. The van der Waals surface area contributed by atoms with E-state index in [4.69, 9.17) is 0 Å². The van der Waals surface area contributed by atoms with Crippen molar-refractivity contribution in [3.63, 3.8) is 0 Å². The Morgan fingerprint density at radius 1 is 1.00 bits per heavy atom. The predicted octanol–water partition coefficient (Wildman–Crippen LogP) is 4.50. The van der Waals surface area contributed by atoms with Crippen molar-refractivity contribution in [1.82, 2.24) is 4.98 Å². The highest BCUT2D eigenvalue weighted by atomic mass is 32.2. The maximum absolute atomic E-state index is 13.4. The van der Waals surface area contributed by atoms with Gasteiger partial charge in [0.15, 0.2) is 5.13 Å². The Morgan fingerprint density at radius 3 is 2.41 bits per heavy atom. The third kappa shape index (κ3) is 3.62. The van der Waals surface area contributed by atoms with Gasteiger partial charge in [0.05, 0.1) is 10.6 Å². The van der Waals surface area contributed by atoms with E-state index in [1.807, 2.05) is 6.07 Å². The molecule has 10 heteroatoms. The van der Waals surface area contributed by atoms with Gasteiger partial charge in [-0.15, -0.1) is 17.9 Å². The molecule has 1 aliphatic rings. The number of nitrogens with zero attached hydrogens (tertiary/aromatic N) is 2. The van der Waals surface area contributed by atoms with Gasteiger partial charge in [0.25, 0.3) is 21.8 Å². The lowest BCUT2D eigenvalue weighted by Gasteiger charge is -2.28. The molecule has 0 saturated carbocycles. The summed E-state index contributed by atoms with van der Waals surface area (Å²) in [6.07, 6.45) is 3.22. The van der Waals surface area contributed by atoms with Gasteiger partial charge in [0.2, 0.25) is 0 Å². The number of imide groups is 1. The second-order valence-electron chi connectivity index (χ2n) is 7.44. The first-order valence-corrected chi connectivity index (χ1v) is 12.6. The van der Waals surface area contributed by atoms with Crippen molar-refractivity contribution in [2.24, 2.45) is 0 Å². The van der Waals surface area contributed by atoms with Crippen molar-refractivity contribution in [3.8, 4) is 0 Å². The van der Waals surface area contributed by atoms with Gasteiger partial charge in [-0.2, -0.15) is 0 Å². The normalized spacial score (nSPS) is 13.2. The summed E-state index contributed by atoms with van der Waals surface area (Å²) >= 11 is 1.16. The molecule has 0 saturated heterocycles. The molecular weight excluding hydrogens is 472 g/mol. The van der Waals surface area contributed by atoms with Crippen LogP contribution in [0.2, 0.25) is 0 Å². The van der Waals surface area contributed by atoms with E-state index in [9.17, 15) is 18.0 Å². The van der Waals surface area contributed by atoms with E-state index in [2.05, 4.69) is 21.6 Å². The van der Waals surface area contributed by atoms with E-state index >= 15 is 0 Å². The quantitative estimate of drug-likeness (QED) is 0.292. The Kier molecular flexibility index (Phi) is 5.39. The first-order chi connectivity index (χ1) is 16.4. The number of thiazole rings is 1. The van der Waals surface area contributed by atoms with E-state index in [0.717, 1.165) is 27.3 Å². The van der Waals surface area contributed by atoms with E-state index in [0.29, 0.717) is 23.1 Å². The zero-order chi connectivity index (χ0) is 23.9. The van der Waals surface area contributed by atoms with Crippen LogP contribution < -0.4 is 14.9 Å². The zero-order valence-electron chi connectivity index (χ0n) is 17.7. The molecule has 0 radical (unpaired) electrons. The van der Waals surface area contributed by atoms with Gasteiger partial charge in [0.1, 0.15) is 0 Å². The second kappa shape index (κ2) is 8.40. The molecule has 0 spiro atoms. The molecule has 0 fully saturated rings. The van der Waals surface area contributed by atoms with Crippen LogP contribution in [0.5, 0.6) is 0 Å². The lowest BCUT2D eigenvalue weighted by Crippen LogP contribution is -2.40. The first kappa shape index (κ1) is 21.8. The van der Waals surface area contributed by atoms with Crippen molar-refractivity contribution in [1.29, 1.82) is 0 Å². The molecule has 0 aliphatic carbocycles. The SMILES string of the molecule is C=CCNc1ccc2c3c(cccc13)C(=O)N(c1ccc(S(=O)(=O)Nc3nccs3)cc1)C2=O. The van der Waals surface area contributed by atoms with Crippen LogP contribution in [0.3, 0.4) is 0 Å². The summed E-state index contributed by atoms with van der Waals surface area (Å²) in [5, 5.41) is 6.50. The summed E-state index contributed by atoms with van der Waals surface area (Å²) in [4.78, 5) is 31.7. The predicted molar refractivity (Wildman–Crippen MR) is 133 cm³/mol. The Labute approximate surface area is 199 Å². The molecule has 0 bridgehead atoms. The van der Waals surface area contributed by atoms with Gasteiger partial charge in [-0.05, 0) is 42.5 Å². The van der Waals surface area contributed by atoms with E-state index < -0.39 is 21.8 Å². The lowest BCUT2D eigenvalue weighted by molar-refractivity contribution is 0.0893. The molecule has 4 aromatic rings. The minimum absolute atomic E-state index is 0.0104. The molecule has 5 rings (SSSR count). The third-order valence-corrected chi connectivity index (χ3v) is 7.58. The van der Waals surface area contributed by atoms with Crippen LogP contribution in [0.25, 0.3) is 10.8 Å². The minimum atomic E-state index is -3.86. The van der Waals surface area contributed by atoms with Crippen LogP contribution in [0.4, 0.5) is 16.5 Å². The number of benzene rings is 3. The molecule has 2 N–H and O–H groups in total. The Bertz CT molecular complexity index is 1520. The van der Waals surface area contributed by atoms with Crippen molar-refractivity contribution in [2.45, 2.75) is 4.90 Å². The summed E-state index contributed by atoms with van der Waals surface area (Å²) in [5.41, 5.74) is 1.88. The van der Waals surface area contributed by atoms with Gasteiger partial charge < -0.3 is 5.32 Å². The number of nitrogens with one attached hydrogen (secondary N) is 2. The molecule has 170 valence electrons. The van der Waals surface area contributed by atoms with Crippen molar-refractivity contribution in [2.75, 3.05) is 21.5 Å². The molecule has 2 heterocycles. The van der Waals surface area contributed by atoms with Crippen molar-refractivity contribution < 1.29 is 18.0 Å². The number of aromatic nitrogens is 1. The van der Waals surface area contributed by atoms with E-state index in [1.165, 1.54) is 30.5 Å². The van der Waals surface area contributed by atoms with Crippen LogP contribution in [0, 0.1) is 0 Å². The number of carbonyl (C=O) groups excluding carboxylic acids is 2. The average Bonchev–Trinajstić information content (AvgIpc) is 3.34.